The van der Waals surface area contributed by atoms with Gasteiger partial charge in [-0.2, -0.15) is 0 Å². The number of carbonyl (C=O) groups is 1. The Labute approximate surface area is 77.9 Å². The van der Waals surface area contributed by atoms with Gasteiger partial charge < -0.3 is 5.11 Å². The van der Waals surface area contributed by atoms with E-state index in [0.717, 1.165) is 4.70 Å². The molecule has 0 amide bonds. The summed E-state index contributed by atoms with van der Waals surface area (Å²) in [5, 5.41) is 9.14. The van der Waals surface area contributed by atoms with E-state index in [4.69, 9.17) is 5.11 Å². The summed E-state index contributed by atoms with van der Waals surface area (Å²) >= 11 is 1.37. The van der Waals surface area contributed by atoms with Crippen LogP contribution in [0.3, 0.4) is 0 Å². The van der Waals surface area contributed by atoms with Gasteiger partial charge in [-0.05, 0) is 12.1 Å². The topological polar surface area (TPSA) is 63.1 Å². The van der Waals surface area contributed by atoms with Gasteiger partial charge in [0.05, 0.1) is 11.1 Å². The van der Waals surface area contributed by atoms with Crippen LogP contribution in [-0.2, 0) is 11.2 Å². The van der Waals surface area contributed by atoms with E-state index >= 15 is 0 Å². The van der Waals surface area contributed by atoms with Gasteiger partial charge in [0.2, 0.25) is 0 Å². The highest BCUT2D eigenvalue weighted by Crippen LogP contribution is 2.19. The molecule has 0 bridgehead atoms. The standard InChI is InChI=1S/C8H6N2O2S/c11-7(12)4-6-10-8-5(13-6)2-1-3-9-8/h1-3H,4H2,(H,11,12). The third-order valence-electron chi connectivity index (χ3n) is 1.51. The zero-order chi connectivity index (χ0) is 9.26. The van der Waals surface area contributed by atoms with Crippen molar-refractivity contribution in [2.24, 2.45) is 0 Å². The number of thiazole rings is 1. The normalized spacial score (nSPS) is 10.5. The maximum Gasteiger partial charge on any atom is 0.310 e. The van der Waals surface area contributed by atoms with Crippen LogP contribution in [0.4, 0.5) is 0 Å². The highest BCUT2D eigenvalue weighted by atomic mass is 32.1. The molecule has 0 spiro atoms. The Hall–Kier alpha value is -1.49. The number of rotatable bonds is 2. The van der Waals surface area contributed by atoms with E-state index in [1.165, 1.54) is 11.3 Å². The quantitative estimate of drug-likeness (QED) is 0.783. The minimum absolute atomic E-state index is 0.0268. The van der Waals surface area contributed by atoms with Gasteiger partial charge in [-0.15, -0.1) is 11.3 Å². The second-order valence-corrected chi connectivity index (χ2v) is 3.62. The fourth-order valence-electron chi connectivity index (χ4n) is 1.02. The average molecular weight is 194 g/mol. The number of nitrogens with zero attached hydrogens (tertiary/aromatic N) is 2. The molecular weight excluding hydrogens is 188 g/mol. The lowest BCUT2D eigenvalue weighted by molar-refractivity contribution is -0.136. The lowest BCUT2D eigenvalue weighted by Crippen LogP contribution is -1.98. The molecule has 66 valence electrons. The first-order valence-electron chi connectivity index (χ1n) is 3.68. The molecule has 0 unspecified atom stereocenters. The molecule has 2 rings (SSSR count). The Morgan fingerprint density at radius 3 is 3.15 bits per heavy atom. The molecule has 13 heavy (non-hydrogen) atoms. The Bertz CT molecular complexity index is 419. The van der Waals surface area contributed by atoms with Gasteiger partial charge in [0, 0.05) is 6.20 Å². The van der Waals surface area contributed by atoms with Gasteiger partial charge in [0.15, 0.2) is 5.65 Å². The van der Waals surface area contributed by atoms with Crippen molar-refractivity contribution in [2.75, 3.05) is 0 Å². The molecule has 0 aromatic carbocycles. The minimum atomic E-state index is -0.862. The number of hydrogen-bond acceptors (Lipinski definition) is 4. The zero-order valence-electron chi connectivity index (χ0n) is 6.60. The van der Waals surface area contributed by atoms with Crippen LogP contribution < -0.4 is 0 Å². The molecule has 2 heterocycles. The summed E-state index contributed by atoms with van der Waals surface area (Å²) in [6, 6.07) is 3.69. The molecule has 0 saturated heterocycles. The third kappa shape index (κ3) is 1.65. The monoisotopic (exact) mass is 194 g/mol. The smallest absolute Gasteiger partial charge is 0.310 e. The summed E-state index contributed by atoms with van der Waals surface area (Å²) in [5.74, 6) is -0.862. The first kappa shape index (κ1) is 8.12. The van der Waals surface area contributed by atoms with E-state index in [0.29, 0.717) is 10.7 Å². The van der Waals surface area contributed by atoms with Crippen molar-refractivity contribution in [3.63, 3.8) is 0 Å². The van der Waals surface area contributed by atoms with Crippen molar-refractivity contribution in [1.82, 2.24) is 9.97 Å². The largest absolute Gasteiger partial charge is 0.481 e. The molecular formula is C8H6N2O2S. The molecule has 2 aromatic heterocycles. The number of carboxylic acid groups (broad SMARTS) is 1. The van der Waals surface area contributed by atoms with Crippen LogP contribution in [0, 0.1) is 0 Å². The van der Waals surface area contributed by atoms with Crippen molar-refractivity contribution in [2.45, 2.75) is 6.42 Å². The van der Waals surface area contributed by atoms with Crippen LogP contribution in [0.25, 0.3) is 10.3 Å². The maximum absolute atomic E-state index is 10.4. The van der Waals surface area contributed by atoms with Gasteiger partial charge in [-0.25, -0.2) is 9.97 Å². The summed E-state index contributed by atoms with van der Waals surface area (Å²) in [5.41, 5.74) is 0.628. The maximum atomic E-state index is 10.4. The Morgan fingerprint density at radius 1 is 1.62 bits per heavy atom. The SMILES string of the molecule is O=C(O)Cc1nc2ncccc2s1. The molecule has 0 radical (unpaired) electrons. The fourth-order valence-corrected chi connectivity index (χ4v) is 1.94. The van der Waals surface area contributed by atoms with Crippen LogP contribution in [0.1, 0.15) is 5.01 Å². The van der Waals surface area contributed by atoms with E-state index in [9.17, 15) is 4.79 Å². The van der Waals surface area contributed by atoms with Crippen molar-refractivity contribution in [1.29, 1.82) is 0 Å². The molecule has 0 saturated carbocycles. The van der Waals surface area contributed by atoms with Crippen molar-refractivity contribution >= 4 is 27.7 Å². The highest BCUT2D eigenvalue weighted by Gasteiger charge is 2.07. The van der Waals surface area contributed by atoms with Crippen molar-refractivity contribution in [3.05, 3.63) is 23.3 Å². The summed E-state index contributed by atoms with van der Waals surface area (Å²) in [6.45, 7) is 0. The summed E-state index contributed by atoms with van der Waals surface area (Å²) in [4.78, 5) is 18.5. The third-order valence-corrected chi connectivity index (χ3v) is 2.52. The zero-order valence-corrected chi connectivity index (χ0v) is 7.41. The van der Waals surface area contributed by atoms with Gasteiger partial charge in [-0.1, -0.05) is 0 Å². The van der Waals surface area contributed by atoms with Crippen LogP contribution in [0.5, 0.6) is 0 Å². The molecule has 0 fully saturated rings. The Morgan fingerprint density at radius 2 is 2.46 bits per heavy atom. The molecule has 0 aliphatic heterocycles. The van der Waals surface area contributed by atoms with Crippen LogP contribution in [-0.4, -0.2) is 21.0 Å². The summed E-state index contributed by atoms with van der Waals surface area (Å²) in [6.07, 6.45) is 1.62. The van der Waals surface area contributed by atoms with Crippen LogP contribution in [0.2, 0.25) is 0 Å². The number of aliphatic carboxylic acids is 1. The predicted octanol–water partition coefficient (Wildman–Crippen LogP) is 1.32. The van der Waals surface area contributed by atoms with Gasteiger partial charge in [0.25, 0.3) is 0 Å². The molecule has 2 aromatic rings. The Balaban J connectivity index is 2.44. The first-order chi connectivity index (χ1) is 6.25. The van der Waals surface area contributed by atoms with Crippen LogP contribution >= 0.6 is 11.3 Å². The molecule has 0 aliphatic carbocycles. The molecule has 4 nitrogen and oxygen atoms in total. The fraction of sp³-hybridized carbons (Fsp3) is 0.125. The van der Waals surface area contributed by atoms with E-state index in [1.54, 1.807) is 6.20 Å². The molecule has 5 heteroatoms. The number of aromatic nitrogens is 2. The minimum Gasteiger partial charge on any atom is -0.481 e. The number of carboxylic acids is 1. The van der Waals surface area contributed by atoms with E-state index < -0.39 is 5.97 Å². The average Bonchev–Trinajstić information content (AvgIpc) is 2.44. The van der Waals surface area contributed by atoms with E-state index in [-0.39, 0.29) is 6.42 Å². The molecule has 0 aliphatic rings. The second-order valence-electron chi connectivity index (χ2n) is 2.50. The van der Waals surface area contributed by atoms with E-state index in [1.807, 2.05) is 12.1 Å². The number of hydrogen-bond donors (Lipinski definition) is 1. The molecule has 1 N–H and O–H groups in total. The lowest BCUT2D eigenvalue weighted by atomic mass is 10.4. The van der Waals surface area contributed by atoms with E-state index in [2.05, 4.69) is 9.97 Å². The highest BCUT2D eigenvalue weighted by molar-refractivity contribution is 7.18. The van der Waals surface area contributed by atoms with Crippen LogP contribution in [0.15, 0.2) is 18.3 Å². The summed E-state index contributed by atoms with van der Waals surface area (Å²) in [7, 11) is 0. The van der Waals surface area contributed by atoms with Gasteiger partial charge >= 0.3 is 5.97 Å². The van der Waals surface area contributed by atoms with Gasteiger partial charge in [0.1, 0.15) is 5.01 Å². The lowest BCUT2D eigenvalue weighted by Gasteiger charge is -1.84. The predicted molar refractivity (Wildman–Crippen MR) is 48.8 cm³/mol. The van der Waals surface area contributed by atoms with Crippen molar-refractivity contribution in [3.8, 4) is 0 Å². The van der Waals surface area contributed by atoms with Gasteiger partial charge in [-0.3, -0.25) is 4.79 Å². The molecule has 0 atom stereocenters. The second kappa shape index (κ2) is 3.10. The van der Waals surface area contributed by atoms with Crippen molar-refractivity contribution < 1.29 is 9.90 Å². The summed E-state index contributed by atoms with van der Waals surface area (Å²) < 4.78 is 0.929. The number of fused-ring (bicyclic) bond motifs is 1. The number of pyridine rings is 1. The first-order valence-corrected chi connectivity index (χ1v) is 4.49. The Kier molecular flexibility index (Phi) is 1.94.